The van der Waals surface area contributed by atoms with Crippen LogP contribution in [0.15, 0.2) is 34.8 Å². The summed E-state index contributed by atoms with van der Waals surface area (Å²) < 4.78 is 7.27. The number of carbonyl (C=O) groups is 1. The van der Waals surface area contributed by atoms with Crippen LogP contribution in [-0.4, -0.2) is 20.2 Å². The highest BCUT2D eigenvalue weighted by atomic mass is 16.5. The van der Waals surface area contributed by atoms with E-state index in [0.717, 1.165) is 9.13 Å². The molecular weight excluding hydrogens is 334 g/mol. The number of aromatic hydroxyl groups is 1. The molecule has 1 saturated carbocycles. The zero-order valence-electron chi connectivity index (χ0n) is 15.0. The van der Waals surface area contributed by atoms with E-state index < -0.39 is 24.3 Å². The van der Waals surface area contributed by atoms with Gasteiger partial charge in [-0.15, -0.1) is 6.42 Å². The van der Waals surface area contributed by atoms with Crippen molar-refractivity contribution in [3.8, 4) is 24.3 Å². The van der Waals surface area contributed by atoms with Gasteiger partial charge in [0.25, 0.3) is 0 Å². The van der Waals surface area contributed by atoms with E-state index in [2.05, 4.69) is 18.6 Å². The van der Waals surface area contributed by atoms with E-state index in [1.165, 1.54) is 6.20 Å². The molecule has 0 unspecified atom stereocenters. The summed E-state index contributed by atoms with van der Waals surface area (Å²) in [7, 11) is 0. The molecule has 0 bridgehead atoms. The summed E-state index contributed by atoms with van der Waals surface area (Å²) >= 11 is 0. The fourth-order valence-electron chi connectivity index (χ4n) is 2.96. The Bertz CT molecular complexity index is 918. The Morgan fingerprint density at radius 1 is 1.58 bits per heavy atom. The van der Waals surface area contributed by atoms with Crippen molar-refractivity contribution in [2.45, 2.75) is 34.0 Å². The lowest BCUT2D eigenvalue weighted by Gasteiger charge is -2.06. The average Bonchev–Trinajstić information content (AvgIpc) is 3.00. The van der Waals surface area contributed by atoms with Gasteiger partial charge in [-0.1, -0.05) is 32.4 Å². The molecule has 0 amide bonds. The van der Waals surface area contributed by atoms with Crippen LogP contribution in [0.3, 0.4) is 0 Å². The van der Waals surface area contributed by atoms with E-state index in [1.54, 1.807) is 13.0 Å². The molecule has 1 aliphatic carbocycles. The van der Waals surface area contributed by atoms with Crippen LogP contribution in [0.4, 0.5) is 0 Å². The predicted molar refractivity (Wildman–Crippen MR) is 94.6 cm³/mol. The van der Waals surface area contributed by atoms with Crippen molar-refractivity contribution >= 4 is 5.97 Å². The van der Waals surface area contributed by atoms with E-state index in [9.17, 15) is 14.7 Å². The smallest absolute Gasteiger partial charge is 0.334 e. The molecular formula is C19H21N3O4. The molecule has 26 heavy (non-hydrogen) atoms. The predicted octanol–water partition coefficient (Wildman–Crippen LogP) is 1.79. The van der Waals surface area contributed by atoms with E-state index >= 15 is 0 Å². The maximum Gasteiger partial charge on any atom is 0.334 e. The third-order valence-electron chi connectivity index (χ3n) is 4.71. The molecule has 2 rings (SSSR count). The van der Waals surface area contributed by atoms with Gasteiger partial charge in [0, 0.05) is 0 Å². The first-order valence-corrected chi connectivity index (χ1v) is 8.02. The van der Waals surface area contributed by atoms with Gasteiger partial charge in [-0.25, -0.2) is 9.36 Å². The van der Waals surface area contributed by atoms with E-state index in [-0.39, 0.29) is 23.8 Å². The topological polar surface area (TPSA) is 97.2 Å². The minimum atomic E-state index is -0.561. The summed E-state index contributed by atoms with van der Waals surface area (Å²) in [5.74, 6) is 0.881. The summed E-state index contributed by atoms with van der Waals surface area (Å²) in [6, 6.07) is 2.07. The van der Waals surface area contributed by atoms with Crippen molar-refractivity contribution in [1.82, 2.24) is 9.13 Å². The summed E-state index contributed by atoms with van der Waals surface area (Å²) in [6.07, 6.45) is 8.08. The quantitative estimate of drug-likeness (QED) is 0.363. The number of allylic oxidation sites excluding steroid dienone is 3. The number of carbonyl (C=O) groups excluding carboxylic acids is 1. The van der Waals surface area contributed by atoms with Gasteiger partial charge in [0.1, 0.15) is 0 Å². The fourth-order valence-corrected chi connectivity index (χ4v) is 2.96. The highest BCUT2D eigenvalue weighted by Crippen LogP contribution is 2.60. The van der Waals surface area contributed by atoms with Crippen LogP contribution in [0.1, 0.15) is 20.8 Å². The van der Waals surface area contributed by atoms with Gasteiger partial charge in [0.05, 0.1) is 30.3 Å². The monoisotopic (exact) mass is 355 g/mol. The molecule has 1 fully saturated rings. The van der Waals surface area contributed by atoms with Gasteiger partial charge in [0.15, 0.2) is 6.73 Å². The van der Waals surface area contributed by atoms with Gasteiger partial charge >= 0.3 is 11.7 Å². The van der Waals surface area contributed by atoms with Gasteiger partial charge < -0.3 is 9.84 Å². The second-order valence-corrected chi connectivity index (χ2v) is 6.92. The molecule has 1 heterocycles. The van der Waals surface area contributed by atoms with Crippen molar-refractivity contribution in [3.05, 3.63) is 40.5 Å². The summed E-state index contributed by atoms with van der Waals surface area (Å²) in [5.41, 5.74) is 0.151. The highest BCUT2D eigenvalue weighted by Gasteiger charge is 2.61. The van der Waals surface area contributed by atoms with E-state index in [4.69, 9.17) is 16.4 Å². The fraction of sp³-hybridized carbons (Fsp3) is 0.421. The second-order valence-electron chi connectivity index (χ2n) is 6.92. The van der Waals surface area contributed by atoms with Crippen LogP contribution in [0.5, 0.6) is 5.88 Å². The van der Waals surface area contributed by atoms with Crippen LogP contribution in [0.25, 0.3) is 0 Å². The maximum atomic E-state index is 12.4. The lowest BCUT2D eigenvalue weighted by Crippen LogP contribution is -2.26. The van der Waals surface area contributed by atoms with E-state index in [1.807, 2.05) is 13.8 Å². The molecule has 0 spiro atoms. The summed E-state index contributed by atoms with van der Waals surface area (Å²) in [4.78, 5) is 24.5. The zero-order valence-corrected chi connectivity index (χ0v) is 15.0. The lowest BCUT2D eigenvalue weighted by molar-refractivity contribution is -0.150. The molecule has 0 radical (unpaired) electrons. The molecule has 0 saturated heterocycles. The number of terminal acetylenes is 1. The van der Waals surface area contributed by atoms with Crippen LogP contribution in [0.2, 0.25) is 0 Å². The van der Waals surface area contributed by atoms with Crippen LogP contribution < -0.4 is 5.69 Å². The van der Waals surface area contributed by atoms with Crippen molar-refractivity contribution in [1.29, 1.82) is 5.26 Å². The number of esters is 1. The van der Waals surface area contributed by atoms with Crippen molar-refractivity contribution < 1.29 is 14.6 Å². The number of rotatable bonds is 6. The molecule has 0 aromatic carbocycles. The number of hydrogen-bond acceptors (Lipinski definition) is 5. The molecule has 1 aliphatic rings. The Kier molecular flexibility index (Phi) is 5.13. The molecule has 2 atom stereocenters. The first kappa shape index (κ1) is 19.1. The number of ether oxygens (including phenoxy) is 1. The molecule has 7 heteroatoms. The number of hydrogen-bond donors (Lipinski definition) is 1. The van der Waals surface area contributed by atoms with Gasteiger partial charge in [-0.2, -0.15) is 5.26 Å². The Morgan fingerprint density at radius 2 is 2.23 bits per heavy atom. The zero-order chi connectivity index (χ0) is 19.6. The second kappa shape index (κ2) is 6.97. The standard InChI is InChI=1S/C19H21N3O4/c1-6-7-21-10-15(23)22(18(21)25)11-26-17(24)16-14(19(16,4)5)8-13(9-20)12(2)3/h1,8,10,14,16,23H,2,7,11H2,3-5H3/t14-,16+/m1/s1. The number of aromatic nitrogens is 2. The Balaban J connectivity index is 2.10. The first-order chi connectivity index (χ1) is 12.1. The van der Waals surface area contributed by atoms with Gasteiger partial charge in [0.2, 0.25) is 5.88 Å². The van der Waals surface area contributed by atoms with Crippen molar-refractivity contribution in [2.24, 2.45) is 17.3 Å². The molecule has 0 aliphatic heterocycles. The molecule has 1 aromatic rings. The summed E-state index contributed by atoms with van der Waals surface area (Å²) in [5, 5.41) is 18.9. The largest absolute Gasteiger partial charge is 0.493 e. The van der Waals surface area contributed by atoms with Crippen LogP contribution in [-0.2, 0) is 22.8 Å². The SMILES string of the molecule is C#CCn1cc(O)n(COC(=O)[C@@H]2[C@@H](C=C(C#N)C(=C)C)C2(C)C)c1=O. The summed E-state index contributed by atoms with van der Waals surface area (Å²) in [6.45, 7) is 8.89. The molecule has 1 N–H and O–H groups in total. The molecule has 1 aromatic heterocycles. The number of nitrogens with zero attached hydrogens (tertiary/aromatic N) is 3. The minimum absolute atomic E-state index is 0.00764. The van der Waals surface area contributed by atoms with Crippen molar-refractivity contribution in [3.63, 3.8) is 0 Å². The minimum Gasteiger partial charge on any atom is -0.493 e. The normalized spacial score (nSPS) is 20.7. The number of imidazole rings is 1. The highest BCUT2D eigenvalue weighted by molar-refractivity contribution is 5.78. The molecule has 136 valence electrons. The third-order valence-corrected chi connectivity index (χ3v) is 4.71. The van der Waals surface area contributed by atoms with Gasteiger partial charge in [-0.05, 0) is 23.8 Å². The average molecular weight is 355 g/mol. The van der Waals surface area contributed by atoms with Crippen molar-refractivity contribution in [2.75, 3.05) is 0 Å². The molecule has 7 nitrogen and oxygen atoms in total. The first-order valence-electron chi connectivity index (χ1n) is 8.02. The Morgan fingerprint density at radius 3 is 2.77 bits per heavy atom. The van der Waals surface area contributed by atoms with Crippen LogP contribution >= 0.6 is 0 Å². The maximum absolute atomic E-state index is 12.4. The number of nitriles is 1. The Hall–Kier alpha value is -3.19. The lowest BCUT2D eigenvalue weighted by atomic mass is 10.0. The van der Waals surface area contributed by atoms with E-state index in [0.29, 0.717) is 11.1 Å². The van der Waals surface area contributed by atoms with Gasteiger partial charge in [-0.3, -0.25) is 9.36 Å². The third kappa shape index (κ3) is 3.43. The Labute approximate surface area is 151 Å². The van der Waals surface area contributed by atoms with Crippen LogP contribution in [0, 0.1) is 40.9 Å².